The third kappa shape index (κ3) is 71.3. The monoisotopic (exact) mass is 1270 g/mol. The summed E-state index contributed by atoms with van der Waals surface area (Å²) >= 11 is 0. The van der Waals surface area contributed by atoms with Crippen LogP contribution in [0.25, 0.3) is 0 Å². The van der Waals surface area contributed by atoms with Gasteiger partial charge in [0, 0.05) is 6.42 Å². The summed E-state index contributed by atoms with van der Waals surface area (Å²) in [5.41, 5.74) is 0. The van der Waals surface area contributed by atoms with Crippen molar-refractivity contribution in [1.29, 1.82) is 0 Å². The molecule has 0 spiro atoms. The fraction of sp³-hybridized carbons (Fsp3) is 0.642. The Labute approximate surface area is 555 Å². The molecular formula is C81H138N2O6P+. The molecule has 512 valence electrons. The van der Waals surface area contributed by atoms with Crippen LogP contribution in [0, 0.1) is 0 Å². The zero-order valence-electron chi connectivity index (χ0n) is 58.6. The Balaban J connectivity index is 4.26. The summed E-state index contributed by atoms with van der Waals surface area (Å²) in [6.45, 7) is 4.65. The fourth-order valence-electron chi connectivity index (χ4n) is 9.79. The number of nitrogens with one attached hydrogen (secondary N) is 1. The molecule has 0 aliphatic carbocycles. The molecule has 0 heterocycles. The zero-order chi connectivity index (χ0) is 65.5. The molecule has 0 bridgehead atoms. The van der Waals surface area contributed by atoms with Crippen molar-refractivity contribution in [1.82, 2.24) is 5.32 Å². The molecule has 0 rings (SSSR count). The average molecular weight is 1270 g/mol. The van der Waals surface area contributed by atoms with E-state index < -0.39 is 20.0 Å². The van der Waals surface area contributed by atoms with E-state index in [-0.39, 0.29) is 19.1 Å². The molecule has 9 heteroatoms. The number of carbonyl (C=O) groups excluding carboxylic acids is 1. The SMILES string of the molecule is CC/C=C\C/C=C\C/C=C\C/C=C\C/C=C\C/C=C\C/C=C\C/C=C\C/C=C\C/C=C\C/C=C\CCCCCC(=O)NC(COP(=O)(O)OCC[N+](C)(C)C)C(O)/C=C/CC/C=C/CC/C=C/CCCCCCCCCCCCCCCCCCCCCCC. The summed E-state index contributed by atoms with van der Waals surface area (Å²) in [5, 5.41) is 14.0. The summed E-state index contributed by atoms with van der Waals surface area (Å²) < 4.78 is 23.8. The Hall–Kier alpha value is -4.14. The van der Waals surface area contributed by atoms with Crippen molar-refractivity contribution in [3.8, 4) is 0 Å². The Morgan fingerprint density at radius 3 is 1.02 bits per heavy atom. The van der Waals surface area contributed by atoms with Gasteiger partial charge >= 0.3 is 7.82 Å². The van der Waals surface area contributed by atoms with Crippen molar-refractivity contribution in [2.24, 2.45) is 0 Å². The summed E-state index contributed by atoms with van der Waals surface area (Å²) in [6.07, 6.45) is 109. The van der Waals surface area contributed by atoms with Crippen LogP contribution in [-0.4, -0.2) is 73.4 Å². The summed E-state index contributed by atoms with van der Waals surface area (Å²) in [5.74, 6) is -0.228. The van der Waals surface area contributed by atoms with Gasteiger partial charge < -0.3 is 19.8 Å². The van der Waals surface area contributed by atoms with E-state index in [1.54, 1.807) is 6.08 Å². The first-order valence-corrected chi connectivity index (χ1v) is 38.0. The van der Waals surface area contributed by atoms with E-state index in [1.165, 1.54) is 141 Å². The number of phosphoric ester groups is 1. The zero-order valence-corrected chi connectivity index (χ0v) is 59.5. The molecule has 3 unspecified atom stereocenters. The summed E-state index contributed by atoms with van der Waals surface area (Å²) in [6, 6.07) is -0.904. The van der Waals surface area contributed by atoms with Gasteiger partial charge in [-0.3, -0.25) is 13.8 Å². The first kappa shape index (κ1) is 85.9. The van der Waals surface area contributed by atoms with E-state index in [0.717, 1.165) is 116 Å². The Morgan fingerprint density at radius 1 is 0.389 bits per heavy atom. The van der Waals surface area contributed by atoms with Gasteiger partial charge in [0.1, 0.15) is 13.2 Å². The number of aliphatic hydroxyl groups excluding tert-OH is 1. The first-order chi connectivity index (χ1) is 44.0. The minimum Gasteiger partial charge on any atom is -0.387 e. The van der Waals surface area contributed by atoms with Gasteiger partial charge in [-0.15, -0.1) is 0 Å². The third-order valence-corrected chi connectivity index (χ3v) is 16.4. The van der Waals surface area contributed by atoms with Gasteiger partial charge in [-0.05, 0) is 128 Å². The van der Waals surface area contributed by atoms with E-state index >= 15 is 0 Å². The second kappa shape index (κ2) is 69.2. The van der Waals surface area contributed by atoms with Crippen LogP contribution in [0.5, 0.6) is 0 Å². The molecule has 0 saturated carbocycles. The smallest absolute Gasteiger partial charge is 0.387 e. The molecule has 0 fully saturated rings. The second-order valence-corrected chi connectivity index (χ2v) is 26.7. The minimum absolute atomic E-state index is 0.0373. The fourth-order valence-corrected chi connectivity index (χ4v) is 10.5. The topological polar surface area (TPSA) is 105 Å². The largest absolute Gasteiger partial charge is 0.472 e. The Morgan fingerprint density at radius 2 is 0.678 bits per heavy atom. The number of aliphatic hydroxyl groups is 1. The molecule has 0 aromatic heterocycles. The van der Waals surface area contributed by atoms with Crippen molar-refractivity contribution in [3.05, 3.63) is 170 Å². The number of phosphoric acid groups is 1. The molecule has 0 aliphatic rings. The van der Waals surface area contributed by atoms with Crippen LogP contribution in [0.1, 0.15) is 284 Å². The predicted octanol–water partition coefficient (Wildman–Crippen LogP) is 23.9. The van der Waals surface area contributed by atoms with Crippen molar-refractivity contribution >= 4 is 13.7 Å². The number of rotatable bonds is 65. The Bertz CT molecular complexity index is 2080. The summed E-state index contributed by atoms with van der Waals surface area (Å²) in [7, 11) is 1.50. The highest BCUT2D eigenvalue weighted by molar-refractivity contribution is 7.47. The first-order valence-electron chi connectivity index (χ1n) is 36.5. The van der Waals surface area contributed by atoms with Gasteiger partial charge in [-0.1, -0.05) is 319 Å². The van der Waals surface area contributed by atoms with Gasteiger partial charge in [0.15, 0.2) is 0 Å². The van der Waals surface area contributed by atoms with E-state index in [4.69, 9.17) is 9.05 Å². The van der Waals surface area contributed by atoms with Crippen molar-refractivity contribution < 1.29 is 32.9 Å². The molecule has 90 heavy (non-hydrogen) atoms. The molecule has 0 aromatic carbocycles. The van der Waals surface area contributed by atoms with Crippen LogP contribution in [-0.2, 0) is 18.4 Å². The molecule has 3 atom stereocenters. The van der Waals surface area contributed by atoms with Crippen LogP contribution < -0.4 is 5.32 Å². The van der Waals surface area contributed by atoms with Crippen LogP contribution in [0.15, 0.2) is 170 Å². The van der Waals surface area contributed by atoms with Crippen molar-refractivity contribution in [2.45, 2.75) is 296 Å². The van der Waals surface area contributed by atoms with Gasteiger partial charge in [0.05, 0.1) is 39.9 Å². The number of hydrogen-bond acceptors (Lipinski definition) is 5. The van der Waals surface area contributed by atoms with Crippen LogP contribution in [0.3, 0.4) is 0 Å². The van der Waals surface area contributed by atoms with Crippen LogP contribution >= 0.6 is 7.82 Å². The maximum atomic E-state index is 13.0. The molecule has 0 radical (unpaired) electrons. The van der Waals surface area contributed by atoms with Crippen molar-refractivity contribution in [2.75, 3.05) is 40.9 Å². The lowest BCUT2D eigenvalue weighted by atomic mass is 10.0. The van der Waals surface area contributed by atoms with E-state index in [2.05, 4.69) is 177 Å². The molecule has 8 nitrogen and oxygen atoms in total. The van der Waals surface area contributed by atoms with E-state index in [0.29, 0.717) is 23.9 Å². The maximum absolute atomic E-state index is 13.0. The minimum atomic E-state index is -4.39. The average Bonchev–Trinajstić information content (AvgIpc) is 3.18. The normalized spacial score (nSPS) is 14.6. The molecule has 0 aromatic rings. The number of hydrogen-bond donors (Lipinski definition) is 3. The van der Waals surface area contributed by atoms with Crippen molar-refractivity contribution in [3.63, 3.8) is 0 Å². The lowest BCUT2D eigenvalue weighted by Crippen LogP contribution is -2.45. The predicted molar refractivity (Wildman–Crippen MR) is 396 cm³/mol. The number of quaternary nitrogens is 1. The third-order valence-electron chi connectivity index (χ3n) is 15.4. The molecule has 0 aliphatic heterocycles. The highest BCUT2D eigenvalue weighted by Crippen LogP contribution is 2.43. The number of unbranched alkanes of at least 4 members (excludes halogenated alkanes) is 26. The number of allylic oxidation sites excluding steroid dienone is 27. The van der Waals surface area contributed by atoms with Gasteiger partial charge in [0.2, 0.25) is 5.91 Å². The number of amides is 1. The Kier molecular flexibility index (Phi) is 66.0. The number of likely N-dealkylation sites (N-methyl/N-ethyl adjacent to an activating group) is 1. The van der Waals surface area contributed by atoms with E-state index in [9.17, 15) is 19.4 Å². The second-order valence-electron chi connectivity index (χ2n) is 25.2. The maximum Gasteiger partial charge on any atom is 0.472 e. The lowest BCUT2D eigenvalue weighted by Gasteiger charge is -2.25. The van der Waals surface area contributed by atoms with Crippen LogP contribution in [0.4, 0.5) is 0 Å². The van der Waals surface area contributed by atoms with Crippen LogP contribution in [0.2, 0.25) is 0 Å². The standard InChI is InChI=1S/C81H137N2O6P/c1-6-8-10-12-14-16-18-20-22-24-26-28-30-32-34-36-38-39-40-41-42-43-45-47-49-51-53-55-57-59-61-63-65-67-69-71-73-75-81(85)82-79(78-89-90(86,87)88-77-76-83(3,4)5)80(84)74-72-70-68-66-64-62-60-58-56-54-52-50-48-46-44-37-35-33-31-29-27-25-23-21-19-17-15-13-11-9-7-2/h8,10,14,16,20,22,26,28,32,34,38-39,41-42,45,47,51,53,56-59,63-66,72,74,79-80,84H,6-7,9,11-13,15,17-19,21,23-25,27,29-31,33,35-37,40,43-44,46,48-50,52,54-55,60-62,67-71,73,75-78H2,1-5H3,(H-,82,85,86,87)/p+1/b10-8-,16-14-,22-20-,28-26-,34-32-,39-38-,42-41-,47-45-,53-51-,58-56+,59-57-,65-63-,66-64+,74-72+. The van der Waals surface area contributed by atoms with E-state index in [1.807, 2.05) is 27.2 Å². The number of carbonyl (C=O) groups is 1. The van der Waals surface area contributed by atoms with Gasteiger partial charge in [-0.25, -0.2) is 4.57 Å². The quantitative estimate of drug-likeness (QED) is 0.0243. The van der Waals surface area contributed by atoms with Gasteiger partial charge in [0.25, 0.3) is 0 Å². The molecule has 3 N–H and O–H groups in total. The lowest BCUT2D eigenvalue weighted by molar-refractivity contribution is -0.870. The highest BCUT2D eigenvalue weighted by Gasteiger charge is 2.28. The van der Waals surface area contributed by atoms with Gasteiger partial charge in [-0.2, -0.15) is 0 Å². The summed E-state index contributed by atoms with van der Waals surface area (Å²) in [4.78, 5) is 23.4. The molecule has 1 amide bonds. The molecule has 0 saturated heterocycles. The molecular weight excluding hydrogens is 1130 g/mol. The highest BCUT2D eigenvalue weighted by atomic mass is 31.2. The number of nitrogens with zero attached hydrogens (tertiary/aromatic N) is 1.